The molecule has 0 aliphatic rings. The summed E-state index contributed by atoms with van der Waals surface area (Å²) in [6.45, 7) is 0.812. The van der Waals surface area contributed by atoms with E-state index in [2.05, 4.69) is 4.98 Å². The third-order valence-corrected chi connectivity index (χ3v) is 2.90. The van der Waals surface area contributed by atoms with Crippen LogP contribution in [0.25, 0.3) is 11.0 Å². The minimum atomic E-state index is -4.67. The SMILES string of the molecule is Cn1c(C(C)(N)C(F)(F)F)nc2cccc(F)c21. The van der Waals surface area contributed by atoms with E-state index < -0.39 is 23.4 Å². The Kier molecular flexibility index (Phi) is 2.62. The van der Waals surface area contributed by atoms with Gasteiger partial charge in [0, 0.05) is 7.05 Å². The fourth-order valence-corrected chi connectivity index (χ4v) is 1.81. The maximum absolute atomic E-state index is 13.6. The smallest absolute Gasteiger partial charge is 0.327 e. The van der Waals surface area contributed by atoms with Crippen LogP contribution < -0.4 is 5.73 Å². The number of hydrogen-bond donors (Lipinski definition) is 1. The molecule has 1 heterocycles. The van der Waals surface area contributed by atoms with Crippen molar-refractivity contribution in [2.24, 2.45) is 12.8 Å². The van der Waals surface area contributed by atoms with E-state index in [1.165, 1.54) is 19.2 Å². The van der Waals surface area contributed by atoms with E-state index in [-0.39, 0.29) is 11.0 Å². The monoisotopic (exact) mass is 261 g/mol. The summed E-state index contributed by atoms with van der Waals surface area (Å²) in [5.74, 6) is -1.05. The molecule has 18 heavy (non-hydrogen) atoms. The highest BCUT2D eigenvalue weighted by Gasteiger charge is 2.52. The normalized spacial score (nSPS) is 15.9. The highest BCUT2D eigenvalue weighted by Crippen LogP contribution is 2.36. The molecular formula is C11H11F4N3. The average molecular weight is 261 g/mol. The first-order valence-corrected chi connectivity index (χ1v) is 5.13. The summed E-state index contributed by atoms with van der Waals surface area (Å²) < 4.78 is 53.2. The quantitative estimate of drug-likeness (QED) is 0.801. The third-order valence-electron chi connectivity index (χ3n) is 2.90. The second kappa shape index (κ2) is 3.68. The zero-order chi connectivity index (χ0) is 13.7. The minimum Gasteiger partial charge on any atom is -0.327 e. The van der Waals surface area contributed by atoms with Crippen molar-refractivity contribution in [1.82, 2.24) is 9.55 Å². The van der Waals surface area contributed by atoms with Gasteiger partial charge >= 0.3 is 6.18 Å². The number of nitrogens with two attached hydrogens (primary N) is 1. The topological polar surface area (TPSA) is 43.8 Å². The van der Waals surface area contributed by atoms with E-state index in [1.54, 1.807) is 0 Å². The summed E-state index contributed by atoms with van der Waals surface area (Å²) in [6.07, 6.45) is -4.67. The van der Waals surface area contributed by atoms with Crippen LogP contribution in [0.2, 0.25) is 0 Å². The first kappa shape index (κ1) is 12.8. The highest BCUT2D eigenvalue weighted by atomic mass is 19.4. The molecule has 2 rings (SSSR count). The molecule has 2 N–H and O–H groups in total. The molecule has 98 valence electrons. The largest absolute Gasteiger partial charge is 0.413 e. The Bertz CT molecular complexity index is 598. The zero-order valence-corrected chi connectivity index (χ0v) is 9.72. The molecule has 1 aromatic heterocycles. The number of aryl methyl sites for hydroxylation is 1. The summed E-state index contributed by atoms with van der Waals surface area (Å²) in [5.41, 5.74) is 2.82. The van der Waals surface area contributed by atoms with E-state index >= 15 is 0 Å². The van der Waals surface area contributed by atoms with Crippen molar-refractivity contribution >= 4 is 11.0 Å². The van der Waals surface area contributed by atoms with E-state index in [0.29, 0.717) is 0 Å². The van der Waals surface area contributed by atoms with Gasteiger partial charge in [-0.15, -0.1) is 0 Å². The van der Waals surface area contributed by atoms with Crippen molar-refractivity contribution in [3.63, 3.8) is 0 Å². The molecule has 3 nitrogen and oxygen atoms in total. The van der Waals surface area contributed by atoms with Crippen molar-refractivity contribution in [2.45, 2.75) is 18.6 Å². The lowest BCUT2D eigenvalue weighted by molar-refractivity contribution is -0.186. The van der Waals surface area contributed by atoms with Gasteiger partial charge in [0.15, 0.2) is 5.54 Å². The Morgan fingerprint density at radius 1 is 1.28 bits per heavy atom. The number of aromatic nitrogens is 2. The molecule has 0 spiro atoms. The van der Waals surface area contributed by atoms with Gasteiger partial charge in [0.1, 0.15) is 17.2 Å². The molecule has 0 bridgehead atoms. The van der Waals surface area contributed by atoms with Crippen LogP contribution >= 0.6 is 0 Å². The number of benzene rings is 1. The van der Waals surface area contributed by atoms with Crippen LogP contribution in [0.3, 0.4) is 0 Å². The van der Waals surface area contributed by atoms with Crippen LogP contribution in [0, 0.1) is 5.82 Å². The Balaban J connectivity index is 2.75. The van der Waals surface area contributed by atoms with Gasteiger partial charge in [-0.3, -0.25) is 0 Å². The molecule has 0 saturated heterocycles. The Hall–Kier alpha value is -1.63. The first-order valence-electron chi connectivity index (χ1n) is 5.13. The number of nitrogens with zero attached hydrogens (tertiary/aromatic N) is 2. The van der Waals surface area contributed by atoms with Crippen LogP contribution in [-0.4, -0.2) is 15.7 Å². The van der Waals surface area contributed by atoms with Crippen molar-refractivity contribution in [3.8, 4) is 0 Å². The molecule has 1 unspecified atom stereocenters. The van der Waals surface area contributed by atoms with Gasteiger partial charge < -0.3 is 10.3 Å². The minimum absolute atomic E-state index is 0.00780. The standard InChI is InChI=1S/C11H11F4N3/c1-10(16,11(13,14)15)9-17-7-5-3-4-6(12)8(7)18(9)2/h3-5H,16H2,1-2H3. The molecule has 0 aliphatic heterocycles. The molecular weight excluding hydrogens is 250 g/mol. The fourth-order valence-electron chi connectivity index (χ4n) is 1.81. The summed E-state index contributed by atoms with van der Waals surface area (Å²) in [7, 11) is 1.31. The molecule has 1 aromatic carbocycles. The molecule has 7 heteroatoms. The van der Waals surface area contributed by atoms with Gasteiger partial charge in [0.2, 0.25) is 0 Å². The molecule has 0 aliphatic carbocycles. The summed E-state index contributed by atoms with van der Waals surface area (Å²) in [6, 6.07) is 3.99. The number of imidazole rings is 1. The highest BCUT2D eigenvalue weighted by molar-refractivity contribution is 5.76. The number of para-hydroxylation sites is 1. The van der Waals surface area contributed by atoms with Crippen molar-refractivity contribution in [1.29, 1.82) is 0 Å². The number of alkyl halides is 3. The van der Waals surface area contributed by atoms with Crippen LogP contribution in [0.4, 0.5) is 17.6 Å². The lowest BCUT2D eigenvalue weighted by atomic mass is 10.0. The average Bonchev–Trinajstić information content (AvgIpc) is 2.56. The Morgan fingerprint density at radius 2 is 1.89 bits per heavy atom. The lowest BCUT2D eigenvalue weighted by Gasteiger charge is -2.26. The third kappa shape index (κ3) is 1.66. The molecule has 0 saturated carbocycles. The van der Waals surface area contributed by atoms with Crippen LogP contribution in [-0.2, 0) is 12.6 Å². The van der Waals surface area contributed by atoms with E-state index in [9.17, 15) is 17.6 Å². The summed E-state index contributed by atoms with van der Waals surface area (Å²) in [4.78, 5) is 3.79. The Labute approximate surface area is 100 Å². The Morgan fingerprint density at radius 3 is 2.39 bits per heavy atom. The lowest BCUT2D eigenvalue weighted by Crippen LogP contribution is -2.49. The van der Waals surface area contributed by atoms with Crippen molar-refractivity contribution in [2.75, 3.05) is 0 Å². The predicted molar refractivity (Wildman–Crippen MR) is 58.3 cm³/mol. The van der Waals surface area contributed by atoms with Crippen LogP contribution in [0.5, 0.6) is 0 Å². The maximum atomic E-state index is 13.6. The van der Waals surface area contributed by atoms with Crippen molar-refractivity contribution in [3.05, 3.63) is 29.8 Å². The van der Waals surface area contributed by atoms with Gasteiger partial charge in [0.25, 0.3) is 0 Å². The molecule has 0 radical (unpaired) electrons. The van der Waals surface area contributed by atoms with Gasteiger partial charge in [-0.25, -0.2) is 9.37 Å². The second-order valence-corrected chi connectivity index (χ2v) is 4.30. The molecule has 0 amide bonds. The van der Waals surface area contributed by atoms with Gasteiger partial charge in [-0.1, -0.05) is 6.07 Å². The van der Waals surface area contributed by atoms with Gasteiger partial charge in [-0.2, -0.15) is 13.2 Å². The molecule has 1 atom stereocenters. The maximum Gasteiger partial charge on any atom is 0.413 e. The molecule has 2 aromatic rings. The van der Waals surface area contributed by atoms with Gasteiger partial charge in [-0.05, 0) is 19.1 Å². The van der Waals surface area contributed by atoms with E-state index in [4.69, 9.17) is 5.73 Å². The number of halogens is 4. The second-order valence-electron chi connectivity index (χ2n) is 4.30. The number of hydrogen-bond acceptors (Lipinski definition) is 2. The van der Waals surface area contributed by atoms with E-state index in [0.717, 1.165) is 17.6 Å². The predicted octanol–water partition coefficient (Wildman–Crippen LogP) is 2.45. The zero-order valence-electron chi connectivity index (χ0n) is 9.72. The van der Waals surface area contributed by atoms with E-state index in [1.807, 2.05) is 0 Å². The number of fused-ring (bicyclic) bond motifs is 1. The fraction of sp³-hybridized carbons (Fsp3) is 0.364. The number of rotatable bonds is 1. The van der Waals surface area contributed by atoms with Crippen LogP contribution in [0.15, 0.2) is 18.2 Å². The summed E-state index contributed by atoms with van der Waals surface area (Å²) in [5, 5.41) is 0. The van der Waals surface area contributed by atoms with Crippen LogP contribution in [0.1, 0.15) is 12.7 Å². The van der Waals surface area contributed by atoms with Gasteiger partial charge in [0.05, 0.1) is 5.52 Å². The van der Waals surface area contributed by atoms with Crippen molar-refractivity contribution < 1.29 is 17.6 Å². The molecule has 0 fully saturated rings. The first-order chi connectivity index (χ1) is 8.16. The summed E-state index contributed by atoms with van der Waals surface area (Å²) >= 11 is 0.